The van der Waals surface area contributed by atoms with Crippen molar-refractivity contribution >= 4 is 29.4 Å². The third-order valence-corrected chi connectivity index (χ3v) is 4.86. The number of anilines is 1. The van der Waals surface area contributed by atoms with Crippen LogP contribution >= 0.6 is 11.8 Å². The quantitative estimate of drug-likeness (QED) is 0.571. The van der Waals surface area contributed by atoms with E-state index in [9.17, 15) is 9.59 Å². The van der Waals surface area contributed by atoms with Crippen LogP contribution in [0.2, 0.25) is 0 Å². The van der Waals surface area contributed by atoms with Gasteiger partial charge in [-0.25, -0.2) is 4.79 Å². The van der Waals surface area contributed by atoms with Gasteiger partial charge in [-0.2, -0.15) is 0 Å². The van der Waals surface area contributed by atoms with Gasteiger partial charge >= 0.3 is 6.03 Å². The lowest BCUT2D eigenvalue weighted by molar-refractivity contribution is 0.0827. The maximum absolute atomic E-state index is 12.1. The van der Waals surface area contributed by atoms with E-state index in [2.05, 4.69) is 22.8 Å². The third kappa shape index (κ3) is 6.11. The normalized spacial score (nSPS) is 10.3. The van der Waals surface area contributed by atoms with Gasteiger partial charge in [-0.05, 0) is 48.9 Å². The summed E-state index contributed by atoms with van der Waals surface area (Å²) in [4.78, 5) is 26.9. The molecule has 2 N–H and O–H groups in total. The van der Waals surface area contributed by atoms with Crippen molar-refractivity contribution in [2.45, 2.75) is 18.2 Å². The Morgan fingerprint density at radius 1 is 1.08 bits per heavy atom. The van der Waals surface area contributed by atoms with E-state index >= 15 is 0 Å². The Balaban J connectivity index is 1.78. The Kier molecular flexibility index (Phi) is 7.53. The number of hydrogen-bond donors (Lipinski definition) is 2. The van der Waals surface area contributed by atoms with Gasteiger partial charge in [-0.3, -0.25) is 4.79 Å². The largest absolute Gasteiger partial charge is 0.345 e. The van der Waals surface area contributed by atoms with Crippen molar-refractivity contribution < 1.29 is 9.59 Å². The van der Waals surface area contributed by atoms with Crippen molar-refractivity contribution in [1.82, 2.24) is 10.2 Å². The van der Waals surface area contributed by atoms with E-state index in [1.54, 1.807) is 38.0 Å². The monoisotopic (exact) mass is 371 g/mol. The highest BCUT2D eigenvalue weighted by molar-refractivity contribution is 7.99. The SMILES string of the molecule is Cc1ccc(C(=O)N(C)C)cc1NC(=O)NCCCSc1ccccc1. The van der Waals surface area contributed by atoms with Crippen LogP contribution in [0.25, 0.3) is 0 Å². The Labute approximate surface area is 159 Å². The zero-order valence-corrected chi connectivity index (χ0v) is 16.2. The number of carbonyl (C=O) groups excluding carboxylic acids is 2. The van der Waals surface area contributed by atoms with Crippen molar-refractivity contribution in [3.63, 3.8) is 0 Å². The standard InChI is InChI=1S/C20H25N3O2S/c1-15-10-11-16(19(24)23(2)3)14-18(15)22-20(25)21-12-7-13-26-17-8-5-4-6-9-17/h4-6,8-11,14H,7,12-13H2,1-3H3,(H2,21,22,25). The summed E-state index contributed by atoms with van der Waals surface area (Å²) in [6, 6.07) is 15.3. The molecule has 0 aliphatic carbocycles. The second kappa shape index (κ2) is 9.87. The predicted molar refractivity (Wildman–Crippen MR) is 108 cm³/mol. The van der Waals surface area contributed by atoms with E-state index in [0.29, 0.717) is 17.8 Å². The molecule has 0 aromatic heterocycles. The molecule has 6 heteroatoms. The molecule has 0 unspecified atom stereocenters. The van der Waals surface area contributed by atoms with Crippen LogP contribution in [0, 0.1) is 6.92 Å². The molecule has 138 valence electrons. The number of amides is 3. The molecular weight excluding hydrogens is 346 g/mol. The molecule has 0 saturated carbocycles. The first kappa shape index (κ1) is 19.8. The lowest BCUT2D eigenvalue weighted by Gasteiger charge is -2.14. The fourth-order valence-electron chi connectivity index (χ4n) is 2.30. The molecule has 5 nitrogen and oxygen atoms in total. The summed E-state index contributed by atoms with van der Waals surface area (Å²) in [6.07, 6.45) is 0.880. The van der Waals surface area contributed by atoms with Gasteiger partial charge in [0.25, 0.3) is 5.91 Å². The number of nitrogens with one attached hydrogen (secondary N) is 2. The lowest BCUT2D eigenvalue weighted by atomic mass is 10.1. The molecule has 2 aromatic rings. The van der Waals surface area contributed by atoms with E-state index in [1.165, 1.54) is 9.80 Å². The van der Waals surface area contributed by atoms with Crippen LogP contribution in [0.1, 0.15) is 22.3 Å². The highest BCUT2D eigenvalue weighted by Gasteiger charge is 2.11. The molecule has 2 aromatic carbocycles. The molecule has 0 saturated heterocycles. The topological polar surface area (TPSA) is 61.4 Å². The molecule has 0 aliphatic rings. The molecule has 0 fully saturated rings. The molecule has 0 spiro atoms. The Morgan fingerprint density at radius 3 is 2.50 bits per heavy atom. The van der Waals surface area contributed by atoms with Crippen molar-refractivity contribution in [2.75, 3.05) is 31.7 Å². The predicted octanol–water partition coefficient (Wildman–Crippen LogP) is 4.00. The number of aryl methyl sites for hydroxylation is 1. The fourth-order valence-corrected chi connectivity index (χ4v) is 3.17. The summed E-state index contributed by atoms with van der Waals surface area (Å²) in [5, 5.41) is 5.68. The molecule has 0 bridgehead atoms. The third-order valence-electron chi connectivity index (χ3n) is 3.76. The Bertz CT molecular complexity index is 748. The first-order valence-electron chi connectivity index (χ1n) is 8.52. The second-order valence-corrected chi connectivity index (χ2v) is 7.29. The minimum Gasteiger partial charge on any atom is -0.345 e. The number of urea groups is 1. The van der Waals surface area contributed by atoms with E-state index in [0.717, 1.165) is 17.7 Å². The minimum absolute atomic E-state index is 0.0913. The summed E-state index contributed by atoms with van der Waals surface area (Å²) in [5.74, 6) is 0.849. The molecule has 0 aliphatic heterocycles. The van der Waals surface area contributed by atoms with Gasteiger partial charge in [0.1, 0.15) is 0 Å². The average molecular weight is 372 g/mol. The smallest absolute Gasteiger partial charge is 0.319 e. The van der Waals surface area contributed by atoms with E-state index in [-0.39, 0.29) is 11.9 Å². The van der Waals surface area contributed by atoms with Crippen LogP contribution in [0.3, 0.4) is 0 Å². The van der Waals surface area contributed by atoms with Gasteiger partial charge in [0.05, 0.1) is 0 Å². The summed E-state index contributed by atoms with van der Waals surface area (Å²) in [5.41, 5.74) is 2.11. The van der Waals surface area contributed by atoms with Gasteiger partial charge in [0.2, 0.25) is 0 Å². The number of benzene rings is 2. The van der Waals surface area contributed by atoms with E-state index in [4.69, 9.17) is 0 Å². The lowest BCUT2D eigenvalue weighted by Crippen LogP contribution is -2.30. The first-order chi connectivity index (χ1) is 12.5. The van der Waals surface area contributed by atoms with E-state index < -0.39 is 0 Å². The molecule has 26 heavy (non-hydrogen) atoms. The summed E-state index contributed by atoms with van der Waals surface area (Å²) < 4.78 is 0. The zero-order valence-electron chi connectivity index (χ0n) is 15.4. The first-order valence-corrected chi connectivity index (χ1v) is 9.51. The zero-order chi connectivity index (χ0) is 18.9. The van der Waals surface area contributed by atoms with Gasteiger partial charge in [-0.1, -0.05) is 24.3 Å². The maximum atomic E-state index is 12.1. The highest BCUT2D eigenvalue weighted by atomic mass is 32.2. The second-order valence-electron chi connectivity index (χ2n) is 6.13. The van der Waals surface area contributed by atoms with Crippen molar-refractivity contribution in [3.05, 3.63) is 59.7 Å². The van der Waals surface area contributed by atoms with Crippen LogP contribution in [-0.4, -0.2) is 43.2 Å². The molecule has 0 heterocycles. The molecule has 0 radical (unpaired) electrons. The van der Waals surface area contributed by atoms with Crippen LogP contribution in [-0.2, 0) is 0 Å². The van der Waals surface area contributed by atoms with Gasteiger partial charge < -0.3 is 15.5 Å². The van der Waals surface area contributed by atoms with Crippen LogP contribution in [0.15, 0.2) is 53.4 Å². The molecule has 0 atom stereocenters. The maximum Gasteiger partial charge on any atom is 0.319 e. The Morgan fingerprint density at radius 2 is 1.81 bits per heavy atom. The molecule has 3 amide bonds. The van der Waals surface area contributed by atoms with Crippen LogP contribution < -0.4 is 10.6 Å². The molecule has 2 rings (SSSR count). The van der Waals surface area contributed by atoms with Crippen LogP contribution in [0.4, 0.5) is 10.5 Å². The number of rotatable bonds is 7. The van der Waals surface area contributed by atoms with Crippen molar-refractivity contribution in [2.24, 2.45) is 0 Å². The highest BCUT2D eigenvalue weighted by Crippen LogP contribution is 2.18. The number of carbonyl (C=O) groups is 2. The number of hydrogen-bond acceptors (Lipinski definition) is 3. The summed E-state index contributed by atoms with van der Waals surface area (Å²) in [7, 11) is 3.41. The van der Waals surface area contributed by atoms with Gasteiger partial charge in [0.15, 0.2) is 0 Å². The minimum atomic E-state index is -0.257. The molecular formula is C20H25N3O2S. The Hall–Kier alpha value is -2.47. The fraction of sp³-hybridized carbons (Fsp3) is 0.300. The van der Waals surface area contributed by atoms with Gasteiger partial charge in [-0.15, -0.1) is 11.8 Å². The van der Waals surface area contributed by atoms with Crippen molar-refractivity contribution in [1.29, 1.82) is 0 Å². The van der Waals surface area contributed by atoms with Crippen LogP contribution in [0.5, 0.6) is 0 Å². The van der Waals surface area contributed by atoms with Gasteiger partial charge in [0, 0.05) is 36.8 Å². The number of thioether (sulfide) groups is 1. The van der Waals surface area contributed by atoms with E-state index in [1.807, 2.05) is 31.2 Å². The average Bonchev–Trinajstić information content (AvgIpc) is 2.63. The number of nitrogens with zero attached hydrogens (tertiary/aromatic N) is 1. The summed E-state index contributed by atoms with van der Waals surface area (Å²) >= 11 is 1.77. The summed E-state index contributed by atoms with van der Waals surface area (Å²) in [6.45, 7) is 2.50. The van der Waals surface area contributed by atoms with Crippen molar-refractivity contribution in [3.8, 4) is 0 Å².